The van der Waals surface area contributed by atoms with Gasteiger partial charge in [-0.1, -0.05) is 0 Å². The Balaban J connectivity index is 2.60. The van der Waals surface area contributed by atoms with Crippen LogP contribution in [-0.4, -0.2) is 22.5 Å². The van der Waals surface area contributed by atoms with E-state index in [4.69, 9.17) is 16.9 Å². The topological polar surface area (TPSA) is 135 Å². The van der Waals surface area contributed by atoms with E-state index >= 15 is 0 Å². The quantitative estimate of drug-likeness (QED) is 0.506. The van der Waals surface area contributed by atoms with E-state index in [2.05, 4.69) is 10.3 Å². The van der Waals surface area contributed by atoms with Crippen molar-refractivity contribution in [2.75, 3.05) is 5.32 Å². The van der Waals surface area contributed by atoms with Crippen LogP contribution in [0.1, 0.15) is 23.0 Å². The second-order valence-corrected chi connectivity index (χ2v) is 3.87. The Labute approximate surface area is 102 Å². The molecule has 0 aromatic carbocycles. The lowest BCUT2D eigenvalue weighted by Crippen LogP contribution is -2.31. The van der Waals surface area contributed by atoms with Crippen molar-refractivity contribution in [1.29, 1.82) is 5.41 Å². The standard InChI is InChI=1S/C11H11N5O2/c1-4(12)7-8(13)9-6(16-11(7)18)2-5(3-15-9)10(14)17/h2-3,13H,12H2,1H3,(H2,14,17)(H,16,18)/b7-4+,13-8?. The molecule has 0 spiro atoms. The van der Waals surface area contributed by atoms with Gasteiger partial charge < -0.3 is 16.8 Å². The molecule has 7 heteroatoms. The van der Waals surface area contributed by atoms with Gasteiger partial charge in [-0.3, -0.25) is 20.0 Å². The maximum Gasteiger partial charge on any atom is 0.259 e. The summed E-state index contributed by atoms with van der Waals surface area (Å²) >= 11 is 0. The number of primary amides is 1. The fourth-order valence-electron chi connectivity index (χ4n) is 1.69. The van der Waals surface area contributed by atoms with Gasteiger partial charge in [-0.05, 0) is 13.0 Å². The first-order valence-corrected chi connectivity index (χ1v) is 5.08. The Morgan fingerprint density at radius 2 is 2.11 bits per heavy atom. The number of carbonyl (C=O) groups excluding carboxylic acids is 2. The Morgan fingerprint density at radius 3 is 2.67 bits per heavy atom. The summed E-state index contributed by atoms with van der Waals surface area (Å²) in [6, 6.07) is 1.39. The Hall–Kier alpha value is -2.70. The molecule has 1 aliphatic rings. The predicted molar refractivity (Wildman–Crippen MR) is 65.1 cm³/mol. The normalized spacial score (nSPS) is 16.9. The zero-order valence-electron chi connectivity index (χ0n) is 9.57. The predicted octanol–water partition coefficient (Wildman–Crippen LogP) is -0.267. The van der Waals surface area contributed by atoms with Gasteiger partial charge in [0.2, 0.25) is 5.91 Å². The molecule has 92 valence electrons. The number of aromatic nitrogens is 1. The molecule has 2 heterocycles. The van der Waals surface area contributed by atoms with E-state index in [1.54, 1.807) is 0 Å². The van der Waals surface area contributed by atoms with Crippen LogP contribution in [0.25, 0.3) is 0 Å². The van der Waals surface area contributed by atoms with Gasteiger partial charge in [-0.25, -0.2) is 0 Å². The molecular weight excluding hydrogens is 234 g/mol. The number of nitrogens with one attached hydrogen (secondary N) is 2. The van der Waals surface area contributed by atoms with Crippen molar-refractivity contribution >= 4 is 23.2 Å². The van der Waals surface area contributed by atoms with Crippen LogP contribution >= 0.6 is 0 Å². The third-order valence-electron chi connectivity index (χ3n) is 2.53. The molecule has 18 heavy (non-hydrogen) atoms. The van der Waals surface area contributed by atoms with Gasteiger partial charge in [-0.2, -0.15) is 0 Å². The van der Waals surface area contributed by atoms with Crippen LogP contribution in [-0.2, 0) is 4.79 Å². The number of amides is 2. The average Bonchev–Trinajstić information content (AvgIpc) is 2.27. The molecule has 0 fully saturated rings. The molecule has 0 saturated carbocycles. The first-order chi connectivity index (χ1) is 8.41. The highest BCUT2D eigenvalue weighted by molar-refractivity contribution is 6.34. The molecule has 1 aromatic rings. The smallest absolute Gasteiger partial charge is 0.259 e. The number of hydrogen-bond acceptors (Lipinski definition) is 5. The van der Waals surface area contributed by atoms with Gasteiger partial charge in [-0.15, -0.1) is 0 Å². The van der Waals surface area contributed by atoms with Crippen molar-refractivity contribution in [1.82, 2.24) is 4.98 Å². The molecule has 1 aromatic heterocycles. The molecule has 2 rings (SSSR count). The fraction of sp³-hybridized carbons (Fsp3) is 0.0909. The van der Waals surface area contributed by atoms with Crippen LogP contribution < -0.4 is 16.8 Å². The van der Waals surface area contributed by atoms with E-state index in [-0.39, 0.29) is 33.9 Å². The molecule has 0 atom stereocenters. The number of pyridine rings is 1. The Morgan fingerprint density at radius 1 is 1.44 bits per heavy atom. The molecule has 0 aliphatic carbocycles. The van der Waals surface area contributed by atoms with E-state index in [1.165, 1.54) is 19.2 Å². The summed E-state index contributed by atoms with van der Waals surface area (Å²) < 4.78 is 0. The molecule has 7 nitrogen and oxygen atoms in total. The maximum absolute atomic E-state index is 11.8. The van der Waals surface area contributed by atoms with Crippen LogP contribution in [0.5, 0.6) is 0 Å². The van der Waals surface area contributed by atoms with Gasteiger partial charge in [0.25, 0.3) is 5.91 Å². The van der Waals surface area contributed by atoms with E-state index in [1.807, 2.05) is 0 Å². The summed E-state index contributed by atoms with van der Waals surface area (Å²) in [5, 5.41) is 10.4. The number of nitrogens with zero attached hydrogens (tertiary/aromatic N) is 1. The number of rotatable bonds is 1. The first-order valence-electron chi connectivity index (χ1n) is 5.08. The highest BCUT2D eigenvalue weighted by Gasteiger charge is 2.28. The molecule has 0 saturated heterocycles. The molecule has 0 bridgehead atoms. The number of fused-ring (bicyclic) bond motifs is 1. The zero-order chi connectivity index (χ0) is 13.4. The van der Waals surface area contributed by atoms with Gasteiger partial charge in [0, 0.05) is 11.9 Å². The minimum Gasteiger partial charge on any atom is -0.402 e. The summed E-state index contributed by atoms with van der Waals surface area (Å²) in [6.07, 6.45) is 1.26. The van der Waals surface area contributed by atoms with Crippen molar-refractivity contribution in [3.05, 3.63) is 34.8 Å². The molecule has 2 amide bonds. The summed E-state index contributed by atoms with van der Waals surface area (Å²) in [6.45, 7) is 1.53. The molecule has 0 radical (unpaired) electrons. The van der Waals surface area contributed by atoms with Crippen molar-refractivity contribution in [3.63, 3.8) is 0 Å². The lowest BCUT2D eigenvalue weighted by Gasteiger charge is -2.20. The number of nitrogens with two attached hydrogens (primary N) is 2. The monoisotopic (exact) mass is 245 g/mol. The first kappa shape index (κ1) is 11.8. The zero-order valence-corrected chi connectivity index (χ0v) is 9.57. The summed E-state index contributed by atoms with van der Waals surface area (Å²) in [7, 11) is 0. The number of allylic oxidation sites excluding steroid dienone is 1. The van der Waals surface area contributed by atoms with Crippen LogP contribution in [0.15, 0.2) is 23.5 Å². The molecular formula is C11H11N5O2. The summed E-state index contributed by atoms with van der Waals surface area (Å²) in [5.74, 6) is -1.14. The fourth-order valence-corrected chi connectivity index (χ4v) is 1.69. The molecule has 1 aliphatic heterocycles. The van der Waals surface area contributed by atoms with E-state index < -0.39 is 11.8 Å². The van der Waals surface area contributed by atoms with Crippen molar-refractivity contribution < 1.29 is 9.59 Å². The highest BCUT2D eigenvalue weighted by Crippen LogP contribution is 2.25. The van der Waals surface area contributed by atoms with Gasteiger partial charge in [0.1, 0.15) is 5.69 Å². The van der Waals surface area contributed by atoms with Crippen LogP contribution in [0.3, 0.4) is 0 Å². The lowest BCUT2D eigenvalue weighted by atomic mass is 9.98. The minimum absolute atomic E-state index is 0.0650. The number of hydrogen-bond donors (Lipinski definition) is 4. The lowest BCUT2D eigenvalue weighted by molar-refractivity contribution is -0.112. The molecule has 0 unspecified atom stereocenters. The summed E-state index contributed by atoms with van der Waals surface area (Å²) in [4.78, 5) is 26.7. The molecule has 6 N–H and O–H groups in total. The van der Waals surface area contributed by atoms with Crippen molar-refractivity contribution in [2.45, 2.75) is 6.92 Å². The van der Waals surface area contributed by atoms with Crippen molar-refractivity contribution in [2.24, 2.45) is 11.5 Å². The third kappa shape index (κ3) is 1.71. The van der Waals surface area contributed by atoms with Crippen LogP contribution in [0.4, 0.5) is 5.69 Å². The van der Waals surface area contributed by atoms with Crippen molar-refractivity contribution in [3.8, 4) is 0 Å². The van der Waals surface area contributed by atoms with E-state index in [9.17, 15) is 9.59 Å². The van der Waals surface area contributed by atoms with Crippen LogP contribution in [0, 0.1) is 5.41 Å². The third-order valence-corrected chi connectivity index (χ3v) is 2.53. The minimum atomic E-state index is -0.651. The van der Waals surface area contributed by atoms with Gasteiger partial charge in [0.15, 0.2) is 0 Å². The Bertz CT molecular complexity index is 614. The highest BCUT2D eigenvalue weighted by atomic mass is 16.2. The SMILES string of the molecule is C/C(N)=C1/C(=N)c2ncc(C(N)=O)cc2NC1=O. The van der Waals surface area contributed by atoms with E-state index in [0.29, 0.717) is 0 Å². The Kier molecular flexibility index (Phi) is 2.59. The van der Waals surface area contributed by atoms with Gasteiger partial charge in [0.05, 0.1) is 22.5 Å². The number of anilines is 1. The maximum atomic E-state index is 11.8. The summed E-state index contributed by atoms with van der Waals surface area (Å²) in [5.41, 5.74) is 11.6. The van der Waals surface area contributed by atoms with E-state index in [0.717, 1.165) is 0 Å². The van der Waals surface area contributed by atoms with Crippen LogP contribution in [0.2, 0.25) is 0 Å². The average molecular weight is 245 g/mol. The second kappa shape index (κ2) is 3.95. The number of carbonyl (C=O) groups is 2. The largest absolute Gasteiger partial charge is 0.402 e. The second-order valence-electron chi connectivity index (χ2n) is 3.87. The van der Waals surface area contributed by atoms with Gasteiger partial charge >= 0.3 is 0 Å².